The van der Waals surface area contributed by atoms with Crippen LogP contribution in [-0.2, 0) is 6.54 Å². The van der Waals surface area contributed by atoms with Gasteiger partial charge in [0.1, 0.15) is 0 Å². The van der Waals surface area contributed by atoms with Gasteiger partial charge >= 0.3 is 0 Å². The molecule has 0 aliphatic heterocycles. The van der Waals surface area contributed by atoms with Crippen LogP contribution in [0.25, 0.3) is 0 Å². The minimum atomic E-state index is 0.156. The Morgan fingerprint density at radius 2 is 1.84 bits per heavy atom. The topological polar surface area (TPSA) is 15.3 Å². The fourth-order valence-corrected chi connectivity index (χ4v) is 2.24. The molecular weight excluding hydrogens is 232 g/mol. The quantitative estimate of drug-likeness (QED) is 0.829. The van der Waals surface area contributed by atoms with Crippen LogP contribution in [0.2, 0.25) is 0 Å². The van der Waals surface area contributed by atoms with E-state index in [1.165, 1.54) is 23.2 Å². The molecule has 0 spiro atoms. The van der Waals surface area contributed by atoms with Crippen LogP contribution in [0, 0.1) is 6.92 Å². The highest BCUT2D eigenvalue weighted by Gasteiger charge is 2.13. The summed E-state index contributed by atoms with van der Waals surface area (Å²) in [4.78, 5) is 2.47. The Morgan fingerprint density at radius 1 is 1.16 bits per heavy atom. The summed E-state index contributed by atoms with van der Waals surface area (Å²) in [5.74, 6) is 0. The fraction of sp³-hybridized carbons (Fsp3) is 0.647. The second-order valence-electron chi connectivity index (χ2n) is 6.32. The number of aryl methyl sites for hydroxylation is 1. The molecule has 0 aliphatic carbocycles. The molecule has 1 aromatic carbocycles. The normalized spacial score (nSPS) is 11.7. The number of nitrogens with one attached hydrogen (secondary N) is 1. The molecule has 2 nitrogen and oxygen atoms in total. The number of rotatable bonds is 6. The standard InChI is InChI=1S/C17H30N2/c1-7-11-19(8-2)16-10-9-14(3)12-15(16)13-18-17(4,5)6/h9-10,12,18H,7-8,11,13H2,1-6H3. The lowest BCUT2D eigenvalue weighted by molar-refractivity contribution is 0.424. The molecule has 1 aromatic rings. The first kappa shape index (κ1) is 16.0. The number of anilines is 1. The summed E-state index contributed by atoms with van der Waals surface area (Å²) in [5.41, 5.74) is 4.28. The second-order valence-corrected chi connectivity index (χ2v) is 6.32. The third kappa shape index (κ3) is 5.23. The Hall–Kier alpha value is -1.02. The first-order valence-corrected chi connectivity index (χ1v) is 7.47. The van der Waals surface area contributed by atoms with Gasteiger partial charge in [-0.15, -0.1) is 0 Å². The molecule has 0 radical (unpaired) electrons. The highest BCUT2D eigenvalue weighted by Crippen LogP contribution is 2.23. The molecule has 0 saturated carbocycles. The molecule has 0 unspecified atom stereocenters. The average Bonchev–Trinajstić information content (AvgIpc) is 2.33. The summed E-state index contributed by atoms with van der Waals surface area (Å²) >= 11 is 0. The summed E-state index contributed by atoms with van der Waals surface area (Å²) in [6, 6.07) is 6.80. The largest absolute Gasteiger partial charge is 0.372 e. The van der Waals surface area contributed by atoms with Gasteiger partial charge in [0.25, 0.3) is 0 Å². The van der Waals surface area contributed by atoms with E-state index < -0.39 is 0 Å². The van der Waals surface area contributed by atoms with E-state index in [4.69, 9.17) is 0 Å². The first-order valence-electron chi connectivity index (χ1n) is 7.47. The van der Waals surface area contributed by atoms with Crippen molar-refractivity contribution >= 4 is 5.69 Å². The minimum absolute atomic E-state index is 0.156. The molecule has 0 aliphatic rings. The lowest BCUT2D eigenvalue weighted by atomic mass is 10.0. The maximum atomic E-state index is 3.60. The molecule has 0 aromatic heterocycles. The molecule has 108 valence electrons. The molecule has 0 amide bonds. The van der Waals surface area contributed by atoms with E-state index in [2.05, 4.69) is 70.0 Å². The summed E-state index contributed by atoms with van der Waals surface area (Å²) < 4.78 is 0. The zero-order valence-corrected chi connectivity index (χ0v) is 13.5. The molecule has 19 heavy (non-hydrogen) atoms. The van der Waals surface area contributed by atoms with E-state index in [0.717, 1.165) is 19.6 Å². The molecule has 0 bridgehead atoms. The van der Waals surface area contributed by atoms with Gasteiger partial charge in [0.2, 0.25) is 0 Å². The Balaban J connectivity index is 2.96. The van der Waals surface area contributed by atoms with Crippen molar-refractivity contribution in [2.75, 3.05) is 18.0 Å². The minimum Gasteiger partial charge on any atom is -0.372 e. The van der Waals surface area contributed by atoms with Gasteiger partial charge in [-0.25, -0.2) is 0 Å². The molecule has 0 fully saturated rings. The lowest BCUT2D eigenvalue weighted by Gasteiger charge is -2.28. The maximum absolute atomic E-state index is 3.60. The average molecular weight is 262 g/mol. The zero-order valence-electron chi connectivity index (χ0n) is 13.5. The Kier molecular flexibility index (Phi) is 5.86. The van der Waals surface area contributed by atoms with Gasteiger partial charge in [-0.2, -0.15) is 0 Å². The van der Waals surface area contributed by atoms with Crippen LogP contribution < -0.4 is 10.2 Å². The third-order valence-electron chi connectivity index (χ3n) is 3.26. The van der Waals surface area contributed by atoms with E-state index >= 15 is 0 Å². The monoisotopic (exact) mass is 262 g/mol. The molecule has 1 N–H and O–H groups in total. The van der Waals surface area contributed by atoms with Crippen LogP contribution in [-0.4, -0.2) is 18.6 Å². The van der Waals surface area contributed by atoms with E-state index in [-0.39, 0.29) is 5.54 Å². The van der Waals surface area contributed by atoms with Crippen molar-refractivity contribution < 1.29 is 0 Å². The number of benzene rings is 1. The molecule has 0 heterocycles. The number of nitrogens with zero attached hydrogens (tertiary/aromatic N) is 1. The summed E-state index contributed by atoms with van der Waals surface area (Å²) in [5, 5.41) is 3.60. The van der Waals surface area contributed by atoms with E-state index in [0.29, 0.717) is 0 Å². The van der Waals surface area contributed by atoms with E-state index in [1.807, 2.05) is 0 Å². The summed E-state index contributed by atoms with van der Waals surface area (Å²) in [6.45, 7) is 16.4. The summed E-state index contributed by atoms with van der Waals surface area (Å²) in [6.07, 6.45) is 1.19. The fourth-order valence-electron chi connectivity index (χ4n) is 2.24. The van der Waals surface area contributed by atoms with Crippen LogP contribution in [0.1, 0.15) is 52.2 Å². The molecule has 1 rings (SSSR count). The second kappa shape index (κ2) is 6.95. The van der Waals surface area contributed by atoms with Crippen molar-refractivity contribution in [2.45, 2.75) is 60.0 Å². The van der Waals surface area contributed by atoms with Crippen molar-refractivity contribution in [1.82, 2.24) is 5.32 Å². The predicted molar refractivity (Wildman–Crippen MR) is 85.9 cm³/mol. The summed E-state index contributed by atoms with van der Waals surface area (Å²) in [7, 11) is 0. The number of hydrogen-bond acceptors (Lipinski definition) is 2. The van der Waals surface area contributed by atoms with Crippen LogP contribution in [0.5, 0.6) is 0 Å². The van der Waals surface area contributed by atoms with Crippen LogP contribution in [0.4, 0.5) is 5.69 Å². The Morgan fingerprint density at radius 3 is 2.37 bits per heavy atom. The maximum Gasteiger partial charge on any atom is 0.0411 e. The van der Waals surface area contributed by atoms with Gasteiger partial charge in [0, 0.05) is 30.9 Å². The van der Waals surface area contributed by atoms with Crippen LogP contribution >= 0.6 is 0 Å². The lowest BCUT2D eigenvalue weighted by Crippen LogP contribution is -2.36. The molecule has 0 atom stereocenters. The Labute approximate surface area is 119 Å². The van der Waals surface area contributed by atoms with Crippen LogP contribution in [0.3, 0.4) is 0 Å². The van der Waals surface area contributed by atoms with Gasteiger partial charge in [0.05, 0.1) is 0 Å². The number of hydrogen-bond donors (Lipinski definition) is 1. The highest BCUT2D eigenvalue weighted by atomic mass is 15.1. The van der Waals surface area contributed by atoms with Gasteiger partial charge in [-0.05, 0) is 52.7 Å². The highest BCUT2D eigenvalue weighted by molar-refractivity contribution is 5.55. The SMILES string of the molecule is CCCN(CC)c1ccc(C)cc1CNC(C)(C)C. The predicted octanol–water partition coefficient (Wildman–Crippen LogP) is 4.12. The van der Waals surface area contributed by atoms with E-state index in [9.17, 15) is 0 Å². The first-order chi connectivity index (χ1) is 8.87. The van der Waals surface area contributed by atoms with Crippen molar-refractivity contribution in [2.24, 2.45) is 0 Å². The van der Waals surface area contributed by atoms with Crippen molar-refractivity contribution in [3.63, 3.8) is 0 Å². The molecule has 0 saturated heterocycles. The van der Waals surface area contributed by atoms with Gasteiger partial charge in [-0.3, -0.25) is 0 Å². The van der Waals surface area contributed by atoms with Crippen molar-refractivity contribution in [3.05, 3.63) is 29.3 Å². The molecule has 2 heteroatoms. The van der Waals surface area contributed by atoms with Gasteiger partial charge < -0.3 is 10.2 Å². The van der Waals surface area contributed by atoms with Crippen LogP contribution in [0.15, 0.2) is 18.2 Å². The van der Waals surface area contributed by atoms with Gasteiger partial charge in [-0.1, -0.05) is 24.6 Å². The smallest absolute Gasteiger partial charge is 0.0411 e. The molecular formula is C17H30N2. The third-order valence-corrected chi connectivity index (χ3v) is 3.26. The zero-order chi connectivity index (χ0) is 14.5. The Bertz CT molecular complexity index is 391. The van der Waals surface area contributed by atoms with E-state index in [1.54, 1.807) is 0 Å². The van der Waals surface area contributed by atoms with Gasteiger partial charge in [0.15, 0.2) is 0 Å². The van der Waals surface area contributed by atoms with Crippen molar-refractivity contribution in [3.8, 4) is 0 Å². The van der Waals surface area contributed by atoms with Crippen molar-refractivity contribution in [1.29, 1.82) is 0 Å².